The van der Waals surface area contributed by atoms with Crippen molar-refractivity contribution in [2.24, 2.45) is 4.99 Å². The molecule has 0 atom stereocenters. The summed E-state index contributed by atoms with van der Waals surface area (Å²) in [5.41, 5.74) is 0. The Morgan fingerprint density at radius 2 is 2.50 bits per heavy atom. The Morgan fingerprint density at radius 1 is 1.50 bits per heavy atom. The maximum atomic E-state index is 4.80. The Bertz CT molecular complexity index is 95.0. The normalized spacial score (nSPS) is 19.0. The maximum absolute atomic E-state index is 4.80. The van der Waals surface area contributed by atoms with E-state index in [1.165, 1.54) is 0 Å². The minimum Gasteiger partial charge on any atom is -0.475 e. The first-order valence-electron chi connectivity index (χ1n) is 2.34. The van der Waals surface area contributed by atoms with Gasteiger partial charge in [0.1, 0.15) is 6.73 Å². The topological polar surface area (TPSA) is 30.8 Å². The lowest BCUT2D eigenvalue weighted by Crippen LogP contribution is -1.97. The largest absolute Gasteiger partial charge is 0.475 e. The molecule has 1 aliphatic heterocycles. The Hall–Kier alpha value is -0.830. The Labute approximate surface area is 47.6 Å². The average molecular weight is 113 g/mol. The van der Waals surface area contributed by atoms with E-state index in [1.54, 1.807) is 18.6 Å². The third kappa shape index (κ3) is 1.75. The van der Waals surface area contributed by atoms with Crippen molar-refractivity contribution in [3.05, 3.63) is 12.3 Å². The van der Waals surface area contributed by atoms with Crippen LogP contribution in [0, 0.1) is 0 Å². The van der Waals surface area contributed by atoms with Gasteiger partial charge in [0.2, 0.25) is 0 Å². The van der Waals surface area contributed by atoms with Crippen LogP contribution in [0.15, 0.2) is 17.3 Å². The average Bonchev–Trinajstić information content (AvgIpc) is 1.62. The number of nitrogens with zero attached hydrogens (tertiary/aromatic N) is 1. The van der Waals surface area contributed by atoms with Crippen LogP contribution >= 0.6 is 0 Å². The summed E-state index contributed by atoms with van der Waals surface area (Å²) in [6.45, 7) is 0.693. The smallest absolute Gasteiger partial charge is 0.190 e. The van der Waals surface area contributed by atoms with Gasteiger partial charge in [0.15, 0.2) is 6.79 Å². The number of rotatable bonds is 0. The first-order chi connectivity index (χ1) is 4.00. The van der Waals surface area contributed by atoms with Crippen LogP contribution in [0.2, 0.25) is 0 Å². The highest BCUT2D eigenvalue weighted by molar-refractivity contribution is 5.70. The van der Waals surface area contributed by atoms with Crippen LogP contribution in [0.3, 0.4) is 0 Å². The molecule has 0 fully saturated rings. The van der Waals surface area contributed by atoms with Gasteiger partial charge in [-0.3, -0.25) is 4.99 Å². The predicted molar refractivity (Wildman–Crippen MR) is 29.5 cm³/mol. The first kappa shape index (κ1) is 5.31. The van der Waals surface area contributed by atoms with Gasteiger partial charge in [0, 0.05) is 6.21 Å². The fourth-order valence-electron chi connectivity index (χ4n) is 0.372. The molecule has 0 aromatic rings. The van der Waals surface area contributed by atoms with E-state index in [0.717, 1.165) is 0 Å². The monoisotopic (exact) mass is 113 g/mol. The second-order valence-corrected chi connectivity index (χ2v) is 1.28. The van der Waals surface area contributed by atoms with Crippen molar-refractivity contribution in [2.45, 2.75) is 0 Å². The number of aliphatic imine (C=N–C) groups is 1. The lowest BCUT2D eigenvalue weighted by Gasteiger charge is -2.00. The third-order valence-electron chi connectivity index (χ3n) is 0.683. The van der Waals surface area contributed by atoms with Crippen molar-refractivity contribution < 1.29 is 9.47 Å². The third-order valence-corrected chi connectivity index (χ3v) is 0.683. The van der Waals surface area contributed by atoms with Crippen molar-refractivity contribution in [3.63, 3.8) is 0 Å². The van der Waals surface area contributed by atoms with E-state index in [-0.39, 0.29) is 0 Å². The van der Waals surface area contributed by atoms with Crippen molar-refractivity contribution in [3.8, 4) is 0 Å². The van der Waals surface area contributed by atoms with Gasteiger partial charge in [-0.05, 0) is 6.08 Å². The number of ether oxygens (including phenoxy) is 2. The number of hydrogen-bond donors (Lipinski definition) is 0. The molecule has 3 heteroatoms. The van der Waals surface area contributed by atoms with E-state index in [9.17, 15) is 0 Å². The van der Waals surface area contributed by atoms with Gasteiger partial charge < -0.3 is 9.47 Å². The van der Waals surface area contributed by atoms with Crippen molar-refractivity contribution in [1.29, 1.82) is 0 Å². The minimum atomic E-state index is 0.299. The molecule has 0 bridgehead atoms. The van der Waals surface area contributed by atoms with Gasteiger partial charge in [-0.1, -0.05) is 0 Å². The highest BCUT2D eigenvalue weighted by Gasteiger charge is 1.82. The van der Waals surface area contributed by atoms with Gasteiger partial charge in [-0.2, -0.15) is 0 Å². The zero-order chi connectivity index (χ0) is 5.66. The molecule has 0 saturated heterocycles. The number of hydrogen-bond acceptors (Lipinski definition) is 3. The fraction of sp³-hybridized carbons (Fsp3) is 0.400. The van der Waals surface area contributed by atoms with E-state index in [2.05, 4.69) is 4.99 Å². The van der Waals surface area contributed by atoms with Gasteiger partial charge in [0.05, 0.1) is 6.26 Å². The lowest BCUT2D eigenvalue weighted by molar-refractivity contribution is -0.00841. The van der Waals surface area contributed by atoms with E-state index in [4.69, 9.17) is 9.47 Å². The van der Waals surface area contributed by atoms with Crippen LogP contribution in [0.1, 0.15) is 0 Å². The first-order valence-corrected chi connectivity index (χ1v) is 2.34. The quantitative estimate of drug-likeness (QED) is 0.459. The molecule has 0 saturated carbocycles. The predicted octanol–water partition coefficient (Wildman–Crippen LogP) is 0.533. The Kier molecular flexibility index (Phi) is 2.13. The Morgan fingerprint density at radius 3 is 3.50 bits per heavy atom. The second kappa shape index (κ2) is 3.21. The molecule has 3 nitrogen and oxygen atoms in total. The Balaban J connectivity index is 2.33. The molecule has 44 valence electrons. The molecule has 1 aliphatic rings. The molecule has 1 rings (SSSR count). The van der Waals surface area contributed by atoms with E-state index < -0.39 is 0 Å². The molecule has 0 N–H and O–H groups in total. The van der Waals surface area contributed by atoms with Crippen molar-refractivity contribution in [1.82, 2.24) is 0 Å². The van der Waals surface area contributed by atoms with Crippen LogP contribution in [0.5, 0.6) is 0 Å². The summed E-state index contributed by atoms with van der Waals surface area (Å²) in [6.07, 6.45) is 4.91. The molecule has 0 aromatic heterocycles. The zero-order valence-electron chi connectivity index (χ0n) is 4.41. The molecule has 0 radical (unpaired) electrons. The van der Waals surface area contributed by atoms with Crippen LogP contribution in [-0.2, 0) is 9.47 Å². The molecule has 8 heavy (non-hydrogen) atoms. The summed E-state index contributed by atoms with van der Waals surface area (Å²) >= 11 is 0. The highest BCUT2D eigenvalue weighted by Crippen LogP contribution is 1.83. The van der Waals surface area contributed by atoms with E-state index in [1.807, 2.05) is 0 Å². The van der Waals surface area contributed by atoms with Crippen LogP contribution < -0.4 is 0 Å². The molecule has 0 aliphatic carbocycles. The van der Waals surface area contributed by atoms with Crippen molar-refractivity contribution >= 4 is 6.21 Å². The fourth-order valence-corrected chi connectivity index (χ4v) is 0.372. The summed E-state index contributed by atoms with van der Waals surface area (Å²) in [4.78, 5) is 3.82. The van der Waals surface area contributed by atoms with Crippen LogP contribution in [0.25, 0.3) is 0 Å². The van der Waals surface area contributed by atoms with Crippen molar-refractivity contribution in [2.75, 3.05) is 13.5 Å². The molecule has 0 unspecified atom stereocenters. The van der Waals surface area contributed by atoms with Gasteiger partial charge in [0.25, 0.3) is 0 Å². The van der Waals surface area contributed by atoms with Gasteiger partial charge in [-0.15, -0.1) is 0 Å². The zero-order valence-corrected chi connectivity index (χ0v) is 4.41. The molecule has 0 aromatic carbocycles. The lowest BCUT2D eigenvalue weighted by atomic mass is 10.7. The van der Waals surface area contributed by atoms with Gasteiger partial charge in [-0.25, -0.2) is 0 Å². The molecule has 0 amide bonds. The van der Waals surface area contributed by atoms with Crippen LogP contribution in [0.4, 0.5) is 0 Å². The molecule has 0 spiro atoms. The summed E-state index contributed by atoms with van der Waals surface area (Å²) in [7, 11) is 0. The standard InChI is InChI=1S/C5H7NO2/c1-2-6-4-8-5-7-3-1/h1-3H,4-5H2. The van der Waals surface area contributed by atoms with Gasteiger partial charge >= 0.3 is 0 Å². The molecular weight excluding hydrogens is 106 g/mol. The summed E-state index contributed by atoms with van der Waals surface area (Å²) in [6, 6.07) is 0. The molecule has 1 heterocycles. The van der Waals surface area contributed by atoms with E-state index in [0.29, 0.717) is 13.5 Å². The highest BCUT2D eigenvalue weighted by atomic mass is 16.7. The molecular formula is C5H7NO2. The number of allylic oxidation sites excluding steroid dienone is 1. The SMILES string of the molecule is C1=COCOCN=C1. The maximum Gasteiger partial charge on any atom is 0.190 e. The summed E-state index contributed by atoms with van der Waals surface area (Å²) < 4.78 is 9.58. The summed E-state index contributed by atoms with van der Waals surface area (Å²) in [5.74, 6) is 0. The van der Waals surface area contributed by atoms with Crippen LogP contribution in [-0.4, -0.2) is 19.7 Å². The summed E-state index contributed by atoms with van der Waals surface area (Å²) in [5, 5.41) is 0. The second-order valence-electron chi connectivity index (χ2n) is 1.28. The van der Waals surface area contributed by atoms with E-state index >= 15 is 0 Å². The minimum absolute atomic E-state index is 0.299.